The first-order valence-electron chi connectivity index (χ1n) is 11.8. The minimum atomic E-state index is -4.19. The van der Waals surface area contributed by atoms with Gasteiger partial charge in [-0.2, -0.15) is 0 Å². The van der Waals surface area contributed by atoms with Gasteiger partial charge in [0.15, 0.2) is 5.82 Å². The molecule has 0 bridgehead atoms. The molecule has 0 aliphatic carbocycles. The number of aromatic nitrogens is 3. The molecule has 2 heterocycles. The van der Waals surface area contributed by atoms with E-state index >= 15 is 0 Å². The second kappa shape index (κ2) is 11.0. The predicted octanol–water partition coefficient (Wildman–Crippen LogP) is 3.50. The van der Waals surface area contributed by atoms with Crippen LogP contribution in [-0.2, 0) is 21.4 Å². The summed E-state index contributed by atoms with van der Waals surface area (Å²) in [5, 5.41) is 2.63. The Morgan fingerprint density at radius 3 is 2.54 bits per heavy atom. The predicted molar refractivity (Wildman–Crippen MR) is 149 cm³/mol. The fourth-order valence-electron chi connectivity index (χ4n) is 4.03. The molecule has 1 atom stereocenters. The molecule has 2 aromatic carbocycles. The highest BCUT2D eigenvalue weighted by atomic mass is 35.5. The van der Waals surface area contributed by atoms with Crippen molar-refractivity contribution in [2.45, 2.75) is 18.4 Å². The number of pyridine rings is 1. The summed E-state index contributed by atoms with van der Waals surface area (Å²) in [6.07, 6.45) is 2.96. The number of carbonyl (C=O) groups excluding carboxylic acids is 1. The van der Waals surface area contributed by atoms with E-state index in [1.54, 1.807) is 56.4 Å². The molecule has 1 unspecified atom stereocenters. The number of anilines is 2. The van der Waals surface area contributed by atoms with Crippen molar-refractivity contribution >= 4 is 49.9 Å². The van der Waals surface area contributed by atoms with Crippen molar-refractivity contribution in [3.8, 4) is 11.1 Å². The Bertz CT molecular complexity index is 1740. The summed E-state index contributed by atoms with van der Waals surface area (Å²) in [6.45, 7) is 1.87. The van der Waals surface area contributed by atoms with Gasteiger partial charge in [0.1, 0.15) is 10.7 Å². The van der Waals surface area contributed by atoms with Crippen molar-refractivity contribution in [1.29, 1.82) is 0 Å². The number of fused-ring (bicyclic) bond motifs is 1. The van der Waals surface area contributed by atoms with Gasteiger partial charge in [-0.25, -0.2) is 22.8 Å². The molecule has 0 fully saturated rings. The number of rotatable bonds is 8. The van der Waals surface area contributed by atoms with Crippen molar-refractivity contribution in [3.05, 3.63) is 76.2 Å². The molecule has 0 aliphatic rings. The third-order valence-corrected chi connectivity index (χ3v) is 7.89. The number of sulfonamides is 1. The molecule has 13 heteroatoms. The number of halogens is 2. The van der Waals surface area contributed by atoms with Crippen molar-refractivity contribution in [3.63, 3.8) is 0 Å². The second-order valence-electron chi connectivity index (χ2n) is 9.12. The fraction of sp³-hybridized carbons (Fsp3) is 0.231. The highest BCUT2D eigenvalue weighted by molar-refractivity contribution is 7.92. The van der Waals surface area contributed by atoms with Crippen molar-refractivity contribution in [1.82, 2.24) is 19.9 Å². The van der Waals surface area contributed by atoms with Gasteiger partial charge < -0.3 is 10.2 Å². The Morgan fingerprint density at radius 1 is 1.13 bits per heavy atom. The minimum absolute atomic E-state index is 0.154. The van der Waals surface area contributed by atoms with Crippen LogP contribution in [0.1, 0.15) is 6.92 Å². The second-order valence-corrected chi connectivity index (χ2v) is 11.2. The molecule has 0 saturated carbocycles. The molecule has 39 heavy (non-hydrogen) atoms. The largest absolute Gasteiger partial charge is 0.361 e. The third kappa shape index (κ3) is 5.86. The molecule has 1 amide bonds. The zero-order chi connectivity index (χ0) is 28.5. The van der Waals surface area contributed by atoms with Gasteiger partial charge in [0.25, 0.3) is 15.6 Å². The van der Waals surface area contributed by atoms with E-state index in [9.17, 15) is 22.4 Å². The molecule has 0 saturated heterocycles. The number of hydrogen-bond donors (Lipinski definition) is 2. The highest BCUT2D eigenvalue weighted by Gasteiger charge is 2.22. The van der Waals surface area contributed by atoms with Crippen LogP contribution in [0.5, 0.6) is 0 Å². The Labute approximate surface area is 229 Å². The summed E-state index contributed by atoms with van der Waals surface area (Å²) in [5.74, 6) is -0.971. The normalized spacial score (nSPS) is 12.3. The molecular weight excluding hydrogens is 547 g/mol. The standard InChI is InChI=1S/C26H26ClFN6O4S/c1-15(25(35)29-2)13-34-14-31-21-7-5-16(9-19(21)26(34)36)17-10-22(24(30-12-17)33(3)4)32-39(37,38)23-8-6-18(28)11-20(23)27/h5-12,14-15,32H,13H2,1-4H3,(H,29,35). The molecule has 204 valence electrons. The molecule has 2 aromatic heterocycles. The van der Waals surface area contributed by atoms with E-state index in [1.165, 1.54) is 17.9 Å². The Morgan fingerprint density at radius 2 is 1.87 bits per heavy atom. The SMILES string of the molecule is CNC(=O)C(C)Cn1cnc2ccc(-c3cnc(N(C)C)c(NS(=O)(=O)c4ccc(F)cc4Cl)c3)cc2c1=O. The first-order valence-corrected chi connectivity index (χ1v) is 13.6. The minimum Gasteiger partial charge on any atom is -0.361 e. The zero-order valence-electron chi connectivity index (χ0n) is 21.6. The number of hydrogen-bond acceptors (Lipinski definition) is 7. The highest BCUT2D eigenvalue weighted by Crippen LogP contribution is 2.32. The maximum absolute atomic E-state index is 13.5. The number of benzene rings is 2. The average molecular weight is 573 g/mol. The van der Waals surface area contributed by atoms with E-state index in [-0.39, 0.29) is 33.6 Å². The van der Waals surface area contributed by atoms with Gasteiger partial charge in [-0.05, 0) is 42.0 Å². The maximum Gasteiger partial charge on any atom is 0.263 e. The van der Waals surface area contributed by atoms with E-state index in [1.807, 2.05) is 0 Å². The van der Waals surface area contributed by atoms with Crippen molar-refractivity contribution < 1.29 is 17.6 Å². The summed E-state index contributed by atoms with van der Waals surface area (Å²) >= 11 is 6.00. The Balaban J connectivity index is 1.76. The molecular formula is C26H26ClFN6O4S. The summed E-state index contributed by atoms with van der Waals surface area (Å²) < 4.78 is 43.6. The number of amides is 1. The molecule has 4 rings (SSSR count). The van der Waals surface area contributed by atoms with Crippen LogP contribution in [0.2, 0.25) is 5.02 Å². The average Bonchev–Trinajstić information content (AvgIpc) is 2.88. The Kier molecular flexibility index (Phi) is 7.89. The van der Waals surface area contributed by atoms with E-state index in [0.717, 1.165) is 18.2 Å². The molecule has 0 radical (unpaired) electrons. The first-order chi connectivity index (χ1) is 18.4. The maximum atomic E-state index is 13.5. The van der Waals surface area contributed by atoms with Crippen LogP contribution in [0.15, 0.2) is 64.7 Å². The van der Waals surface area contributed by atoms with E-state index in [0.29, 0.717) is 27.8 Å². The van der Waals surface area contributed by atoms with Crippen LogP contribution in [0.3, 0.4) is 0 Å². The first kappa shape index (κ1) is 28.0. The van der Waals surface area contributed by atoms with E-state index in [4.69, 9.17) is 11.6 Å². The summed E-state index contributed by atoms with van der Waals surface area (Å²) in [7, 11) is 0.744. The lowest BCUT2D eigenvalue weighted by Gasteiger charge is -2.19. The van der Waals surface area contributed by atoms with Gasteiger partial charge in [0.2, 0.25) is 5.91 Å². The summed E-state index contributed by atoms with van der Waals surface area (Å²) in [6, 6.07) is 9.66. The van der Waals surface area contributed by atoms with Gasteiger partial charge >= 0.3 is 0 Å². The smallest absolute Gasteiger partial charge is 0.263 e. The molecule has 2 N–H and O–H groups in total. The van der Waals surface area contributed by atoms with Crippen LogP contribution >= 0.6 is 11.6 Å². The summed E-state index contributed by atoms with van der Waals surface area (Å²) in [5.41, 5.74) is 1.43. The van der Waals surface area contributed by atoms with Gasteiger partial charge in [0, 0.05) is 39.4 Å². The van der Waals surface area contributed by atoms with Gasteiger partial charge in [0.05, 0.1) is 33.9 Å². The third-order valence-electron chi connectivity index (χ3n) is 6.04. The van der Waals surface area contributed by atoms with E-state index < -0.39 is 21.8 Å². The zero-order valence-corrected chi connectivity index (χ0v) is 23.1. The van der Waals surface area contributed by atoms with Crippen molar-refractivity contribution in [2.24, 2.45) is 5.92 Å². The van der Waals surface area contributed by atoms with Gasteiger partial charge in [-0.15, -0.1) is 0 Å². The lowest BCUT2D eigenvalue weighted by molar-refractivity contribution is -0.124. The van der Waals surface area contributed by atoms with Crippen LogP contribution in [-0.4, -0.2) is 50.0 Å². The van der Waals surface area contributed by atoms with Crippen LogP contribution in [0, 0.1) is 11.7 Å². The molecule has 0 aliphatic heterocycles. The lowest BCUT2D eigenvalue weighted by Crippen LogP contribution is -2.32. The van der Waals surface area contributed by atoms with Crippen LogP contribution in [0.4, 0.5) is 15.9 Å². The number of nitrogens with one attached hydrogen (secondary N) is 2. The topological polar surface area (TPSA) is 126 Å². The summed E-state index contributed by atoms with van der Waals surface area (Å²) in [4.78, 5) is 35.2. The fourth-order valence-corrected chi connectivity index (χ4v) is 5.62. The van der Waals surface area contributed by atoms with Gasteiger partial charge in [-0.3, -0.25) is 18.9 Å². The quantitative estimate of drug-likeness (QED) is 0.331. The number of nitrogens with zero attached hydrogens (tertiary/aromatic N) is 4. The van der Waals surface area contributed by atoms with E-state index in [2.05, 4.69) is 20.0 Å². The molecule has 4 aromatic rings. The number of carbonyl (C=O) groups is 1. The Hall–Kier alpha value is -4.03. The monoisotopic (exact) mass is 572 g/mol. The molecule has 10 nitrogen and oxygen atoms in total. The lowest BCUT2D eigenvalue weighted by atomic mass is 10.0. The van der Waals surface area contributed by atoms with Gasteiger partial charge in [-0.1, -0.05) is 24.6 Å². The van der Waals surface area contributed by atoms with Crippen LogP contribution in [0.25, 0.3) is 22.0 Å². The van der Waals surface area contributed by atoms with Crippen molar-refractivity contribution in [2.75, 3.05) is 30.8 Å². The van der Waals surface area contributed by atoms with Crippen LogP contribution < -0.4 is 20.5 Å². The molecule has 0 spiro atoms.